The van der Waals surface area contributed by atoms with E-state index in [2.05, 4.69) is 20.8 Å². The number of benzene rings is 2. The topological polar surface area (TPSA) is 97.1 Å². The summed E-state index contributed by atoms with van der Waals surface area (Å²) in [5, 5.41) is 9.29. The largest absolute Gasteiger partial charge is 0.343 e. The molecule has 0 unspecified atom stereocenters. The molecule has 150 valence electrons. The number of anilines is 1. The number of nitrogens with one attached hydrogen (secondary N) is 2. The first-order valence-corrected chi connectivity index (χ1v) is 10.2. The lowest BCUT2D eigenvalue weighted by Crippen LogP contribution is -2.33. The SMILES string of the molecule is CCc1ccccc1NC(=O)CNC(=O)c1ccccc1SCc1nc(C)no1. The van der Waals surface area contributed by atoms with Gasteiger partial charge in [-0.3, -0.25) is 9.59 Å². The first-order chi connectivity index (χ1) is 14.1. The Bertz CT molecular complexity index is 1000. The van der Waals surface area contributed by atoms with Gasteiger partial charge in [-0.15, -0.1) is 11.8 Å². The number of thioether (sulfide) groups is 1. The lowest BCUT2D eigenvalue weighted by Gasteiger charge is -2.11. The van der Waals surface area contributed by atoms with Crippen LogP contribution >= 0.6 is 11.8 Å². The van der Waals surface area contributed by atoms with Gasteiger partial charge in [0.25, 0.3) is 5.91 Å². The van der Waals surface area contributed by atoms with Crippen molar-refractivity contribution in [1.82, 2.24) is 15.5 Å². The number of carbonyl (C=O) groups excluding carboxylic acids is 2. The summed E-state index contributed by atoms with van der Waals surface area (Å²) in [6.45, 7) is 3.67. The van der Waals surface area contributed by atoms with E-state index in [-0.39, 0.29) is 18.4 Å². The van der Waals surface area contributed by atoms with Gasteiger partial charge in [0.15, 0.2) is 5.82 Å². The molecule has 3 aromatic rings. The number of hydrogen-bond donors (Lipinski definition) is 2. The lowest BCUT2D eigenvalue weighted by molar-refractivity contribution is -0.115. The Hall–Kier alpha value is -3.13. The maximum absolute atomic E-state index is 12.6. The summed E-state index contributed by atoms with van der Waals surface area (Å²) in [6, 6.07) is 14.8. The maximum Gasteiger partial charge on any atom is 0.252 e. The molecule has 0 fully saturated rings. The number of para-hydroxylation sites is 1. The fraction of sp³-hybridized carbons (Fsp3) is 0.238. The Balaban J connectivity index is 1.58. The number of rotatable bonds is 8. The highest BCUT2D eigenvalue weighted by Gasteiger charge is 2.14. The van der Waals surface area contributed by atoms with E-state index in [0.717, 1.165) is 22.6 Å². The Morgan fingerprint density at radius 1 is 1.10 bits per heavy atom. The van der Waals surface area contributed by atoms with Crippen LogP contribution in [0.25, 0.3) is 0 Å². The molecule has 29 heavy (non-hydrogen) atoms. The Kier molecular flexibility index (Phi) is 7.02. The molecule has 2 aromatic carbocycles. The third-order valence-corrected chi connectivity index (χ3v) is 5.19. The zero-order valence-corrected chi connectivity index (χ0v) is 17.1. The normalized spacial score (nSPS) is 10.6. The maximum atomic E-state index is 12.6. The second kappa shape index (κ2) is 9.88. The summed E-state index contributed by atoms with van der Waals surface area (Å²) < 4.78 is 5.11. The first kappa shape index (κ1) is 20.6. The summed E-state index contributed by atoms with van der Waals surface area (Å²) in [5.41, 5.74) is 2.31. The summed E-state index contributed by atoms with van der Waals surface area (Å²) >= 11 is 1.43. The van der Waals surface area contributed by atoms with Gasteiger partial charge < -0.3 is 15.2 Å². The van der Waals surface area contributed by atoms with Crippen molar-refractivity contribution in [3.05, 3.63) is 71.4 Å². The number of aromatic nitrogens is 2. The van der Waals surface area contributed by atoms with Gasteiger partial charge in [-0.1, -0.05) is 42.4 Å². The van der Waals surface area contributed by atoms with Crippen LogP contribution in [0.4, 0.5) is 5.69 Å². The monoisotopic (exact) mass is 410 g/mol. The van der Waals surface area contributed by atoms with E-state index in [1.54, 1.807) is 19.1 Å². The summed E-state index contributed by atoms with van der Waals surface area (Å²) in [6.07, 6.45) is 0.812. The van der Waals surface area contributed by atoms with Crippen LogP contribution in [0, 0.1) is 6.92 Å². The van der Waals surface area contributed by atoms with Crippen molar-refractivity contribution in [1.29, 1.82) is 0 Å². The molecule has 0 aliphatic carbocycles. The van der Waals surface area contributed by atoms with Gasteiger partial charge >= 0.3 is 0 Å². The average Bonchev–Trinajstić information content (AvgIpc) is 3.16. The van der Waals surface area contributed by atoms with Crippen molar-refractivity contribution in [2.75, 3.05) is 11.9 Å². The van der Waals surface area contributed by atoms with Crippen LogP contribution in [0.5, 0.6) is 0 Å². The molecule has 3 rings (SSSR count). The molecule has 7 nitrogen and oxygen atoms in total. The van der Waals surface area contributed by atoms with Crippen LogP contribution in [0.3, 0.4) is 0 Å². The quantitative estimate of drug-likeness (QED) is 0.551. The molecule has 0 spiro atoms. The molecule has 0 saturated carbocycles. The van der Waals surface area contributed by atoms with Crippen LogP contribution in [-0.2, 0) is 17.0 Å². The molecule has 0 radical (unpaired) electrons. The van der Waals surface area contributed by atoms with Gasteiger partial charge in [-0.25, -0.2) is 0 Å². The third-order valence-electron chi connectivity index (χ3n) is 4.13. The van der Waals surface area contributed by atoms with Crippen molar-refractivity contribution in [2.45, 2.75) is 30.9 Å². The molecule has 1 heterocycles. The highest BCUT2D eigenvalue weighted by atomic mass is 32.2. The van der Waals surface area contributed by atoms with E-state index < -0.39 is 0 Å². The summed E-state index contributed by atoms with van der Waals surface area (Å²) in [4.78, 5) is 29.8. The minimum Gasteiger partial charge on any atom is -0.343 e. The number of aryl methyl sites for hydroxylation is 2. The van der Waals surface area contributed by atoms with Crippen molar-refractivity contribution in [3.63, 3.8) is 0 Å². The zero-order valence-electron chi connectivity index (χ0n) is 16.3. The van der Waals surface area contributed by atoms with Gasteiger partial charge in [0, 0.05) is 10.6 Å². The van der Waals surface area contributed by atoms with Crippen molar-refractivity contribution >= 4 is 29.3 Å². The number of carbonyl (C=O) groups is 2. The summed E-state index contributed by atoms with van der Waals surface area (Å²) in [7, 11) is 0. The fourth-order valence-electron chi connectivity index (χ4n) is 2.72. The number of hydrogen-bond acceptors (Lipinski definition) is 6. The van der Waals surface area contributed by atoms with E-state index in [1.807, 2.05) is 43.3 Å². The van der Waals surface area contributed by atoms with E-state index in [9.17, 15) is 9.59 Å². The molecule has 0 atom stereocenters. The third kappa shape index (κ3) is 5.68. The molecule has 2 N–H and O–H groups in total. The molecule has 2 amide bonds. The van der Waals surface area contributed by atoms with Gasteiger partial charge in [0.05, 0.1) is 17.9 Å². The lowest BCUT2D eigenvalue weighted by atomic mass is 10.1. The first-order valence-electron chi connectivity index (χ1n) is 9.23. The molecule has 0 saturated heterocycles. The summed E-state index contributed by atoms with van der Waals surface area (Å²) in [5.74, 6) is 0.942. The van der Waals surface area contributed by atoms with Gasteiger partial charge in [-0.2, -0.15) is 4.98 Å². The van der Waals surface area contributed by atoms with E-state index in [0.29, 0.717) is 23.0 Å². The highest BCUT2D eigenvalue weighted by Crippen LogP contribution is 2.25. The number of amides is 2. The molecular formula is C21H22N4O3S. The standard InChI is InChI=1S/C21H22N4O3S/c1-3-15-8-4-6-10-17(15)24-19(26)12-22-21(27)16-9-5-7-11-18(16)29-13-20-23-14(2)25-28-20/h4-11H,3,12-13H2,1-2H3,(H,22,27)(H,24,26). The Morgan fingerprint density at radius 3 is 2.62 bits per heavy atom. The fourth-order valence-corrected chi connectivity index (χ4v) is 3.61. The van der Waals surface area contributed by atoms with Gasteiger partial charge in [0.1, 0.15) is 0 Å². The smallest absolute Gasteiger partial charge is 0.252 e. The van der Waals surface area contributed by atoms with Crippen molar-refractivity contribution in [2.24, 2.45) is 0 Å². The molecule has 8 heteroatoms. The number of nitrogens with zero attached hydrogens (tertiary/aromatic N) is 2. The molecule has 1 aromatic heterocycles. The van der Waals surface area contributed by atoms with E-state index >= 15 is 0 Å². The van der Waals surface area contributed by atoms with E-state index in [4.69, 9.17) is 4.52 Å². The van der Waals surface area contributed by atoms with Gasteiger partial charge in [0.2, 0.25) is 11.8 Å². The Morgan fingerprint density at radius 2 is 1.86 bits per heavy atom. The zero-order chi connectivity index (χ0) is 20.6. The minimum absolute atomic E-state index is 0.112. The Labute approximate surface area is 173 Å². The molecule has 0 aliphatic heterocycles. The van der Waals surface area contributed by atoms with Crippen molar-refractivity contribution < 1.29 is 14.1 Å². The van der Waals surface area contributed by atoms with Crippen LogP contribution in [0.1, 0.15) is 34.6 Å². The predicted molar refractivity (Wildman–Crippen MR) is 112 cm³/mol. The minimum atomic E-state index is -0.311. The van der Waals surface area contributed by atoms with Crippen LogP contribution in [-0.4, -0.2) is 28.5 Å². The molecule has 0 bridgehead atoms. The average molecular weight is 410 g/mol. The van der Waals surface area contributed by atoms with Crippen LogP contribution < -0.4 is 10.6 Å². The second-order valence-electron chi connectivity index (χ2n) is 6.26. The second-order valence-corrected chi connectivity index (χ2v) is 7.28. The molecule has 0 aliphatic rings. The van der Waals surface area contributed by atoms with Crippen LogP contribution in [0.2, 0.25) is 0 Å². The van der Waals surface area contributed by atoms with Crippen LogP contribution in [0.15, 0.2) is 57.9 Å². The predicted octanol–water partition coefficient (Wildman–Crippen LogP) is 3.60. The van der Waals surface area contributed by atoms with Crippen molar-refractivity contribution in [3.8, 4) is 0 Å². The highest BCUT2D eigenvalue weighted by molar-refractivity contribution is 7.98. The van der Waals surface area contributed by atoms with E-state index in [1.165, 1.54) is 11.8 Å². The molecular weight excluding hydrogens is 388 g/mol. The van der Waals surface area contributed by atoms with Gasteiger partial charge in [-0.05, 0) is 37.1 Å².